The van der Waals surface area contributed by atoms with Gasteiger partial charge in [0, 0.05) is 60.7 Å². The Morgan fingerprint density at radius 3 is 2.70 bits per heavy atom. The summed E-state index contributed by atoms with van der Waals surface area (Å²) in [5.41, 5.74) is 4.04. The Hall–Kier alpha value is -4.08. The average molecular weight is 612 g/mol. The van der Waals surface area contributed by atoms with Gasteiger partial charge < -0.3 is 24.2 Å². The first-order valence-corrected chi connectivity index (χ1v) is 17.6. The van der Waals surface area contributed by atoms with Crippen LogP contribution < -0.4 is 15.0 Å². The lowest BCUT2D eigenvalue weighted by Crippen LogP contribution is -2.46. The molecule has 44 heavy (non-hydrogen) atoms. The largest absolute Gasteiger partial charge is 0.416 e. The topological polar surface area (TPSA) is 111 Å². The van der Waals surface area contributed by atoms with E-state index in [0.29, 0.717) is 59.9 Å². The Morgan fingerprint density at radius 2 is 2.05 bits per heavy atom. The molecule has 2 aliphatic rings. The first kappa shape index (κ1) is 31.3. The van der Waals surface area contributed by atoms with Crippen molar-refractivity contribution < 1.29 is 18.4 Å². The Bertz CT molecular complexity index is 1690. The van der Waals surface area contributed by atoms with E-state index < -0.39 is 19.5 Å². The van der Waals surface area contributed by atoms with E-state index in [1.807, 2.05) is 10.9 Å². The maximum atomic E-state index is 15.4. The number of anilines is 4. The summed E-state index contributed by atoms with van der Waals surface area (Å²) in [5, 5.41) is 13.2. The molecule has 1 unspecified atom stereocenters. The van der Waals surface area contributed by atoms with Gasteiger partial charge in [0.05, 0.1) is 16.9 Å². The van der Waals surface area contributed by atoms with E-state index in [4.69, 9.17) is 4.43 Å². The van der Waals surface area contributed by atoms with E-state index in [-0.39, 0.29) is 22.6 Å². The predicted molar refractivity (Wildman–Crippen MR) is 174 cm³/mol. The van der Waals surface area contributed by atoms with Crippen molar-refractivity contribution in [2.75, 3.05) is 34.7 Å². The number of fused-ring (bicyclic) bond motifs is 2. The highest BCUT2D eigenvalue weighted by molar-refractivity contribution is 6.74. The standard InChI is InChI=1S/C32H37BFN6O3Si/c1-20(42)39-13-11-23-27(39)9-8-26(28(23)34)38-30-36-12-10-25(37-30)21-14-22(16-35)29-24(15-21)32(5,17-40(29)33-19-41)18-43-44(6,7)31(2,3)4/h8-10,12,14-15,19H,11,13,17-18H2,1-7H3,(H,36,37,38). The molecule has 0 saturated carbocycles. The fraction of sp³-hybridized carbons (Fsp3) is 0.406. The van der Waals surface area contributed by atoms with Crippen LogP contribution >= 0.6 is 0 Å². The van der Waals surface area contributed by atoms with Crippen molar-refractivity contribution in [1.82, 2.24) is 9.97 Å². The lowest BCUT2D eigenvalue weighted by molar-refractivity contribution is -0.116. The number of aromatic nitrogens is 2. The van der Waals surface area contributed by atoms with Crippen LogP contribution in [0.5, 0.6) is 0 Å². The van der Waals surface area contributed by atoms with Crippen molar-refractivity contribution in [2.45, 2.75) is 64.6 Å². The van der Waals surface area contributed by atoms with E-state index >= 15 is 4.39 Å². The van der Waals surface area contributed by atoms with Crippen LogP contribution in [0, 0.1) is 17.1 Å². The van der Waals surface area contributed by atoms with Gasteiger partial charge in [-0.3, -0.25) is 4.79 Å². The number of carbonyl (C=O) groups excluding carboxylic acids is 2. The van der Waals surface area contributed by atoms with Gasteiger partial charge in [0.25, 0.3) is 0 Å². The van der Waals surface area contributed by atoms with Crippen molar-refractivity contribution in [3.8, 4) is 17.3 Å². The molecule has 0 bridgehead atoms. The molecule has 0 saturated heterocycles. The van der Waals surface area contributed by atoms with Gasteiger partial charge in [0.2, 0.25) is 11.9 Å². The minimum absolute atomic E-state index is 0.0224. The van der Waals surface area contributed by atoms with E-state index in [1.165, 1.54) is 14.3 Å². The summed E-state index contributed by atoms with van der Waals surface area (Å²) in [6.07, 6.45) is 2.75. The van der Waals surface area contributed by atoms with E-state index in [1.54, 1.807) is 35.4 Å². The molecule has 0 aliphatic carbocycles. The van der Waals surface area contributed by atoms with Crippen LogP contribution in [0.15, 0.2) is 36.5 Å². The van der Waals surface area contributed by atoms with Crippen LogP contribution in [0.1, 0.15) is 51.3 Å². The molecule has 3 aromatic rings. The zero-order valence-electron chi connectivity index (χ0n) is 26.3. The molecule has 0 spiro atoms. The number of halogens is 1. The third-order valence-corrected chi connectivity index (χ3v) is 13.6. The van der Waals surface area contributed by atoms with Crippen molar-refractivity contribution >= 4 is 50.8 Å². The molecule has 1 aromatic heterocycles. The lowest BCUT2D eigenvalue weighted by atomic mass is 9.83. The van der Waals surface area contributed by atoms with Gasteiger partial charge >= 0.3 is 7.41 Å². The second-order valence-electron chi connectivity index (χ2n) is 13.3. The number of hydrogen-bond acceptors (Lipinski definition) is 8. The van der Waals surface area contributed by atoms with E-state index in [0.717, 1.165) is 11.7 Å². The Labute approximate surface area is 259 Å². The molecule has 0 fully saturated rings. The van der Waals surface area contributed by atoms with Crippen LogP contribution in [0.4, 0.5) is 27.4 Å². The first-order valence-electron chi connectivity index (χ1n) is 14.7. The zero-order chi connectivity index (χ0) is 32.0. The molecular weight excluding hydrogens is 574 g/mol. The smallest absolute Gasteiger partial charge is 0.329 e. The molecule has 1 atom stereocenters. The molecule has 2 aromatic carbocycles. The summed E-state index contributed by atoms with van der Waals surface area (Å²) < 4.78 is 22.1. The summed E-state index contributed by atoms with van der Waals surface area (Å²) in [7, 11) is -0.626. The molecule has 12 heteroatoms. The molecular formula is C32H37BFN6O3Si. The molecule has 3 heterocycles. The normalized spacial score (nSPS) is 17.6. The number of hydrogen-bond donors (Lipinski definition) is 1. The number of rotatable bonds is 8. The fourth-order valence-corrected chi connectivity index (χ4v) is 6.74. The number of carbonyl (C=O) groups is 2. The van der Waals surface area contributed by atoms with Crippen molar-refractivity contribution in [3.05, 3.63) is 59.0 Å². The van der Waals surface area contributed by atoms with E-state index in [2.05, 4.69) is 62.1 Å². The summed E-state index contributed by atoms with van der Waals surface area (Å²) in [5.74, 6) is -0.365. The summed E-state index contributed by atoms with van der Waals surface area (Å²) in [6.45, 7) is 15.9. The summed E-state index contributed by atoms with van der Waals surface area (Å²) >= 11 is 0. The van der Waals surface area contributed by atoms with Gasteiger partial charge in [-0.2, -0.15) is 5.26 Å². The molecule has 9 nitrogen and oxygen atoms in total. The lowest BCUT2D eigenvalue weighted by Gasteiger charge is -2.39. The maximum Gasteiger partial charge on any atom is 0.329 e. The average Bonchev–Trinajstić information content (AvgIpc) is 3.53. The maximum absolute atomic E-state index is 15.4. The Kier molecular flexibility index (Phi) is 8.16. The number of nitrogens with one attached hydrogen (secondary N) is 1. The Morgan fingerprint density at radius 1 is 1.30 bits per heavy atom. The highest BCUT2D eigenvalue weighted by Gasteiger charge is 2.44. The third kappa shape index (κ3) is 5.62. The van der Waals surface area contributed by atoms with Gasteiger partial charge in [0.1, 0.15) is 12.3 Å². The van der Waals surface area contributed by atoms with Crippen LogP contribution in [0.3, 0.4) is 0 Å². The highest BCUT2D eigenvalue weighted by Crippen LogP contribution is 2.46. The van der Waals surface area contributed by atoms with Gasteiger partial charge in [-0.1, -0.05) is 27.7 Å². The third-order valence-electron chi connectivity index (χ3n) is 9.16. The molecule has 1 amide bonds. The van der Waals surface area contributed by atoms with Crippen LogP contribution in [-0.2, 0) is 25.9 Å². The molecule has 227 valence electrons. The van der Waals surface area contributed by atoms with Crippen LogP contribution in [-0.4, -0.2) is 57.5 Å². The summed E-state index contributed by atoms with van der Waals surface area (Å²) in [4.78, 5) is 35.9. The molecule has 2 aliphatic heterocycles. The first-order chi connectivity index (χ1) is 20.7. The predicted octanol–water partition coefficient (Wildman–Crippen LogP) is 5.72. The van der Waals surface area contributed by atoms with Crippen molar-refractivity contribution in [3.63, 3.8) is 0 Å². The number of amides is 1. The number of nitriles is 1. The zero-order valence-corrected chi connectivity index (χ0v) is 27.3. The van der Waals surface area contributed by atoms with E-state index in [9.17, 15) is 14.9 Å². The fourth-order valence-electron chi connectivity index (χ4n) is 5.63. The number of nitrogens with zero attached hydrogens (tertiary/aromatic N) is 5. The highest BCUT2D eigenvalue weighted by atomic mass is 28.4. The SMILES string of the molecule is CC(=O)N1CCc2c1ccc(Nc1nccc(-c3cc(C#N)c4c(c3)C(C)(CO[Si](C)(C)C(C)(C)C)CN4[B]C=O)n1)c2F. The molecule has 1 radical (unpaired) electrons. The quantitative estimate of drug-likeness (QED) is 0.255. The van der Waals surface area contributed by atoms with Crippen LogP contribution in [0.2, 0.25) is 18.1 Å². The monoisotopic (exact) mass is 611 g/mol. The molecule has 1 N–H and O–H groups in total. The van der Waals surface area contributed by atoms with Crippen LogP contribution in [0.25, 0.3) is 11.3 Å². The summed E-state index contributed by atoms with van der Waals surface area (Å²) in [6, 6.07) is 11.1. The minimum Gasteiger partial charge on any atom is -0.416 e. The van der Waals surface area contributed by atoms with Gasteiger partial charge in [0.15, 0.2) is 14.1 Å². The molecule has 5 rings (SSSR count). The van der Waals surface area contributed by atoms with Gasteiger partial charge in [-0.05, 0) is 60.4 Å². The second-order valence-corrected chi connectivity index (χ2v) is 18.1. The Balaban J connectivity index is 1.50. The van der Waals surface area contributed by atoms with Gasteiger partial charge in [-0.15, -0.1) is 0 Å². The van der Waals surface area contributed by atoms with Crippen molar-refractivity contribution in [2.24, 2.45) is 0 Å². The van der Waals surface area contributed by atoms with Crippen molar-refractivity contribution in [1.29, 1.82) is 5.26 Å². The minimum atomic E-state index is -2.09. The van der Waals surface area contributed by atoms with Gasteiger partial charge in [-0.25, -0.2) is 14.4 Å². The second kappa shape index (κ2) is 11.4. The number of benzene rings is 2.